The fourth-order valence-electron chi connectivity index (χ4n) is 4.06. The Morgan fingerprint density at radius 1 is 1.14 bits per heavy atom. The van der Waals surface area contributed by atoms with Crippen LogP contribution in [0.1, 0.15) is 50.5 Å². The highest BCUT2D eigenvalue weighted by molar-refractivity contribution is 6.06. The minimum atomic E-state index is -0.552. The van der Waals surface area contributed by atoms with Crippen LogP contribution < -0.4 is 5.32 Å². The summed E-state index contributed by atoms with van der Waals surface area (Å²) < 4.78 is 0. The fraction of sp³-hybridized carbons (Fsp3) is 0.500. The molecule has 3 aliphatic rings. The van der Waals surface area contributed by atoms with Crippen molar-refractivity contribution in [1.82, 2.24) is 15.1 Å². The smallest absolute Gasteiger partial charge is 0.325 e. The second kappa shape index (κ2) is 8.17. The van der Waals surface area contributed by atoms with Gasteiger partial charge in [0.15, 0.2) is 0 Å². The van der Waals surface area contributed by atoms with Crippen molar-refractivity contribution < 1.29 is 14.4 Å². The number of urea groups is 1. The summed E-state index contributed by atoms with van der Waals surface area (Å²) in [5.41, 5.74) is 2.20. The lowest BCUT2D eigenvalue weighted by molar-refractivity contribution is -0.136. The molecule has 28 heavy (non-hydrogen) atoms. The lowest BCUT2D eigenvalue weighted by Crippen LogP contribution is -2.44. The second-order valence-electron chi connectivity index (χ2n) is 7.89. The molecule has 0 bridgehead atoms. The summed E-state index contributed by atoms with van der Waals surface area (Å²) in [6.07, 6.45) is 9.55. The minimum absolute atomic E-state index is 0.136. The van der Waals surface area contributed by atoms with Gasteiger partial charge in [-0.2, -0.15) is 0 Å². The molecule has 0 unspecified atom stereocenters. The highest BCUT2D eigenvalue weighted by atomic mass is 16.2. The molecule has 2 aliphatic carbocycles. The van der Waals surface area contributed by atoms with Crippen molar-refractivity contribution in [3.63, 3.8) is 0 Å². The van der Waals surface area contributed by atoms with E-state index in [4.69, 9.17) is 0 Å². The Balaban J connectivity index is 1.38. The van der Waals surface area contributed by atoms with E-state index in [-0.39, 0.29) is 24.4 Å². The third-order valence-electron chi connectivity index (χ3n) is 5.72. The van der Waals surface area contributed by atoms with E-state index in [2.05, 4.69) is 11.4 Å². The zero-order chi connectivity index (χ0) is 19.5. The summed E-state index contributed by atoms with van der Waals surface area (Å²) in [6.45, 7) is -0.166. The van der Waals surface area contributed by atoms with Crippen molar-refractivity contribution in [3.05, 3.63) is 47.7 Å². The number of aryl methyl sites for hydroxylation is 1. The molecular weight excluding hydrogens is 354 g/mol. The van der Waals surface area contributed by atoms with Crippen LogP contribution in [0.2, 0.25) is 0 Å². The normalized spacial score (nSPS) is 22.1. The van der Waals surface area contributed by atoms with Crippen LogP contribution in [0, 0.1) is 0 Å². The Labute approximate surface area is 165 Å². The molecule has 6 heteroatoms. The van der Waals surface area contributed by atoms with Crippen LogP contribution in [0.5, 0.6) is 0 Å². The van der Waals surface area contributed by atoms with Gasteiger partial charge >= 0.3 is 6.03 Å². The first-order valence-corrected chi connectivity index (χ1v) is 10.3. The van der Waals surface area contributed by atoms with E-state index in [9.17, 15) is 14.4 Å². The predicted octanol–water partition coefficient (Wildman–Crippen LogP) is 2.99. The Kier molecular flexibility index (Phi) is 5.46. The quantitative estimate of drug-likeness (QED) is 0.738. The topological polar surface area (TPSA) is 69.7 Å². The number of imide groups is 1. The summed E-state index contributed by atoms with van der Waals surface area (Å²) in [7, 11) is 0. The van der Waals surface area contributed by atoms with Crippen LogP contribution in [0.15, 0.2) is 42.1 Å². The van der Waals surface area contributed by atoms with Crippen LogP contribution in [0.3, 0.4) is 0 Å². The monoisotopic (exact) mass is 381 g/mol. The number of nitrogens with one attached hydrogen (secondary N) is 1. The number of benzene rings is 1. The molecule has 1 atom stereocenters. The SMILES string of the molecule is O=C1N[C@H](CCc2ccccc2)C(=O)N1CC(=O)N(C1=CCCCC1)C1CC1. The number of carbonyl (C=O) groups is 3. The molecule has 4 rings (SSSR count). The molecule has 0 spiro atoms. The average Bonchev–Trinajstić information content (AvgIpc) is 3.51. The summed E-state index contributed by atoms with van der Waals surface area (Å²) >= 11 is 0. The number of carbonyl (C=O) groups excluding carboxylic acids is 3. The van der Waals surface area contributed by atoms with Gasteiger partial charge in [0.05, 0.1) is 0 Å². The predicted molar refractivity (Wildman–Crippen MR) is 105 cm³/mol. The molecule has 6 nitrogen and oxygen atoms in total. The van der Waals surface area contributed by atoms with Gasteiger partial charge in [0.25, 0.3) is 5.91 Å². The molecule has 1 N–H and O–H groups in total. The fourth-order valence-corrected chi connectivity index (χ4v) is 4.06. The highest BCUT2D eigenvalue weighted by Gasteiger charge is 2.41. The van der Waals surface area contributed by atoms with Crippen molar-refractivity contribution in [1.29, 1.82) is 0 Å². The van der Waals surface area contributed by atoms with Crippen molar-refractivity contribution in [2.45, 2.75) is 63.5 Å². The van der Waals surface area contributed by atoms with Gasteiger partial charge < -0.3 is 10.2 Å². The number of hydrogen-bond acceptors (Lipinski definition) is 3. The average molecular weight is 381 g/mol. The third kappa shape index (κ3) is 4.11. The molecule has 1 saturated heterocycles. The molecule has 1 aromatic rings. The van der Waals surface area contributed by atoms with Crippen LogP contribution >= 0.6 is 0 Å². The maximum absolute atomic E-state index is 13.0. The summed E-state index contributed by atoms with van der Waals surface area (Å²) in [6, 6.07) is 9.12. The van der Waals surface area contributed by atoms with Gasteiger partial charge in [0.1, 0.15) is 12.6 Å². The van der Waals surface area contributed by atoms with E-state index in [0.717, 1.165) is 54.7 Å². The van der Waals surface area contributed by atoms with Crippen molar-refractivity contribution in [2.75, 3.05) is 6.54 Å². The van der Waals surface area contributed by atoms with Gasteiger partial charge in [0.2, 0.25) is 5.91 Å². The Hall–Kier alpha value is -2.63. The molecule has 1 aromatic carbocycles. The van der Waals surface area contributed by atoms with Crippen LogP contribution in [0.25, 0.3) is 0 Å². The van der Waals surface area contributed by atoms with Crippen LogP contribution in [-0.2, 0) is 16.0 Å². The Morgan fingerprint density at radius 3 is 2.61 bits per heavy atom. The largest absolute Gasteiger partial charge is 0.326 e. The number of rotatable bonds is 7. The zero-order valence-corrected chi connectivity index (χ0v) is 16.1. The first-order valence-electron chi connectivity index (χ1n) is 10.3. The number of amides is 4. The van der Waals surface area contributed by atoms with E-state index in [1.54, 1.807) is 0 Å². The number of hydrogen-bond donors (Lipinski definition) is 1. The van der Waals surface area contributed by atoms with Crippen LogP contribution in [-0.4, -0.2) is 46.3 Å². The third-order valence-corrected chi connectivity index (χ3v) is 5.72. The summed E-state index contributed by atoms with van der Waals surface area (Å²) in [4.78, 5) is 41.0. The molecule has 0 aromatic heterocycles. The molecule has 1 saturated carbocycles. The molecule has 1 heterocycles. The number of allylic oxidation sites excluding steroid dienone is 2. The lowest BCUT2D eigenvalue weighted by Gasteiger charge is -2.29. The Bertz CT molecular complexity index is 785. The van der Waals surface area contributed by atoms with Crippen LogP contribution in [0.4, 0.5) is 4.79 Å². The van der Waals surface area contributed by atoms with E-state index < -0.39 is 12.1 Å². The summed E-state index contributed by atoms with van der Waals surface area (Å²) in [5.74, 6) is -0.425. The van der Waals surface area contributed by atoms with Gasteiger partial charge in [-0.1, -0.05) is 36.4 Å². The second-order valence-corrected chi connectivity index (χ2v) is 7.89. The molecule has 2 fully saturated rings. The van der Waals surface area contributed by atoms with E-state index in [1.807, 2.05) is 35.2 Å². The zero-order valence-electron chi connectivity index (χ0n) is 16.1. The maximum atomic E-state index is 13.0. The molecule has 0 radical (unpaired) electrons. The molecule has 4 amide bonds. The van der Waals surface area contributed by atoms with Crippen molar-refractivity contribution >= 4 is 17.8 Å². The first-order chi connectivity index (χ1) is 13.6. The van der Waals surface area contributed by atoms with Gasteiger partial charge in [0, 0.05) is 11.7 Å². The summed E-state index contributed by atoms with van der Waals surface area (Å²) in [5, 5.41) is 2.74. The van der Waals surface area contributed by atoms with Gasteiger partial charge in [-0.3, -0.25) is 14.5 Å². The number of nitrogens with zero attached hydrogens (tertiary/aromatic N) is 2. The van der Waals surface area contributed by atoms with Crippen molar-refractivity contribution in [2.24, 2.45) is 0 Å². The van der Waals surface area contributed by atoms with Crippen molar-refractivity contribution in [3.8, 4) is 0 Å². The standard InChI is InChI=1S/C22H27N3O3/c26-20(25(18-12-13-18)17-9-5-2-6-10-17)15-24-21(27)19(23-22(24)28)14-11-16-7-3-1-4-8-16/h1,3-4,7-9,18-19H,2,5-6,10-15H2,(H,23,28)/t19-/m1/s1. The molecule has 1 aliphatic heterocycles. The lowest BCUT2D eigenvalue weighted by atomic mass is 10.0. The van der Waals surface area contributed by atoms with Gasteiger partial charge in [-0.25, -0.2) is 4.79 Å². The molecule has 148 valence electrons. The van der Waals surface area contributed by atoms with Gasteiger partial charge in [-0.15, -0.1) is 0 Å². The minimum Gasteiger partial charge on any atom is -0.326 e. The Morgan fingerprint density at radius 2 is 1.93 bits per heavy atom. The van der Waals surface area contributed by atoms with Gasteiger partial charge in [-0.05, 0) is 56.9 Å². The van der Waals surface area contributed by atoms with E-state index in [0.29, 0.717) is 12.8 Å². The molecular formula is C22H27N3O3. The van der Waals surface area contributed by atoms with E-state index in [1.165, 1.54) is 0 Å². The first kappa shape index (κ1) is 18.7. The van der Waals surface area contributed by atoms with E-state index >= 15 is 0 Å². The highest BCUT2D eigenvalue weighted by Crippen LogP contribution is 2.34. The maximum Gasteiger partial charge on any atom is 0.325 e.